The Kier molecular flexibility index (Phi) is 1.77. The third-order valence-corrected chi connectivity index (χ3v) is 3.33. The van der Waals surface area contributed by atoms with Gasteiger partial charge < -0.3 is 11.1 Å². The number of nitrogens with zero attached hydrogens (tertiary/aromatic N) is 2. The fourth-order valence-corrected chi connectivity index (χ4v) is 2.32. The number of aryl methyl sites for hydroxylation is 1. The van der Waals surface area contributed by atoms with Gasteiger partial charge in [-0.25, -0.2) is 4.68 Å². The molecule has 4 nitrogen and oxygen atoms in total. The predicted octanol–water partition coefficient (Wildman–Crippen LogP) is 0.488. The highest BCUT2D eigenvalue weighted by atomic mass is 15.4. The first-order valence-corrected chi connectivity index (χ1v) is 5.42. The quantitative estimate of drug-likeness (QED) is 0.681. The van der Waals surface area contributed by atoms with E-state index in [0.717, 1.165) is 31.7 Å². The first-order valence-electron chi connectivity index (χ1n) is 5.42. The van der Waals surface area contributed by atoms with E-state index in [2.05, 4.69) is 10.4 Å². The Morgan fingerprint density at radius 1 is 1.29 bits per heavy atom. The van der Waals surface area contributed by atoms with Crippen LogP contribution in [0.5, 0.6) is 0 Å². The van der Waals surface area contributed by atoms with E-state index in [9.17, 15) is 0 Å². The number of rotatable bonds is 1. The lowest BCUT2D eigenvalue weighted by molar-refractivity contribution is 0.320. The summed E-state index contributed by atoms with van der Waals surface area (Å²) < 4.78 is 2.03. The standard InChI is InChI=1S/C10H16N4/c11-10-8-3-1-2-4-9(8)13-14(10)7-5-12-6-7/h7,12H,1-6,11H2. The second-order valence-corrected chi connectivity index (χ2v) is 4.27. The molecule has 14 heavy (non-hydrogen) atoms. The van der Waals surface area contributed by atoms with Crippen molar-refractivity contribution >= 4 is 5.82 Å². The van der Waals surface area contributed by atoms with Gasteiger partial charge in [0.05, 0.1) is 11.7 Å². The number of nitrogen functional groups attached to an aromatic ring is 1. The summed E-state index contributed by atoms with van der Waals surface area (Å²) in [4.78, 5) is 0. The second-order valence-electron chi connectivity index (χ2n) is 4.27. The van der Waals surface area contributed by atoms with Gasteiger partial charge in [0.25, 0.3) is 0 Å². The molecule has 0 spiro atoms. The van der Waals surface area contributed by atoms with Crippen molar-refractivity contribution in [3.8, 4) is 0 Å². The van der Waals surface area contributed by atoms with Crippen molar-refractivity contribution in [3.63, 3.8) is 0 Å². The van der Waals surface area contributed by atoms with E-state index in [-0.39, 0.29) is 0 Å². The molecule has 3 N–H and O–H groups in total. The number of anilines is 1. The fourth-order valence-electron chi connectivity index (χ4n) is 2.32. The van der Waals surface area contributed by atoms with Crippen LogP contribution < -0.4 is 11.1 Å². The van der Waals surface area contributed by atoms with Crippen molar-refractivity contribution in [2.75, 3.05) is 18.8 Å². The minimum Gasteiger partial charge on any atom is -0.384 e. The summed E-state index contributed by atoms with van der Waals surface area (Å²) in [7, 11) is 0. The predicted molar refractivity (Wildman–Crippen MR) is 55.2 cm³/mol. The largest absolute Gasteiger partial charge is 0.384 e. The lowest BCUT2D eigenvalue weighted by Gasteiger charge is -2.28. The van der Waals surface area contributed by atoms with Gasteiger partial charge in [-0.05, 0) is 25.7 Å². The first kappa shape index (κ1) is 8.29. The van der Waals surface area contributed by atoms with Gasteiger partial charge >= 0.3 is 0 Å². The minimum atomic E-state index is 0.501. The molecular weight excluding hydrogens is 176 g/mol. The number of hydrogen-bond donors (Lipinski definition) is 2. The summed E-state index contributed by atoms with van der Waals surface area (Å²) >= 11 is 0. The minimum absolute atomic E-state index is 0.501. The van der Waals surface area contributed by atoms with Gasteiger partial charge in [-0.1, -0.05) is 0 Å². The van der Waals surface area contributed by atoms with Gasteiger partial charge in [-0.3, -0.25) is 0 Å². The van der Waals surface area contributed by atoms with Crippen molar-refractivity contribution in [1.29, 1.82) is 0 Å². The molecule has 1 aliphatic carbocycles. The summed E-state index contributed by atoms with van der Waals surface area (Å²) in [5.41, 5.74) is 8.68. The van der Waals surface area contributed by atoms with E-state index in [1.54, 1.807) is 0 Å². The lowest BCUT2D eigenvalue weighted by Crippen LogP contribution is -2.44. The van der Waals surface area contributed by atoms with Crippen molar-refractivity contribution < 1.29 is 0 Å². The molecule has 0 radical (unpaired) electrons. The van der Waals surface area contributed by atoms with Gasteiger partial charge in [0.1, 0.15) is 5.82 Å². The molecule has 1 aromatic heterocycles. The van der Waals surface area contributed by atoms with E-state index < -0.39 is 0 Å². The molecule has 1 aromatic rings. The SMILES string of the molecule is Nc1c2c(nn1C1CNC1)CCCC2. The normalized spacial score (nSPS) is 21.7. The molecule has 0 unspecified atom stereocenters. The summed E-state index contributed by atoms with van der Waals surface area (Å²) in [6, 6.07) is 0.501. The zero-order valence-corrected chi connectivity index (χ0v) is 8.29. The Morgan fingerprint density at radius 2 is 2.07 bits per heavy atom. The molecule has 0 saturated carbocycles. The second kappa shape index (κ2) is 2.98. The number of nitrogens with two attached hydrogens (primary N) is 1. The van der Waals surface area contributed by atoms with E-state index in [0.29, 0.717) is 6.04 Å². The lowest BCUT2D eigenvalue weighted by atomic mass is 9.98. The molecule has 2 heterocycles. The summed E-state index contributed by atoms with van der Waals surface area (Å²) in [5.74, 6) is 0.922. The molecule has 3 rings (SSSR count). The van der Waals surface area contributed by atoms with Gasteiger partial charge in [-0.2, -0.15) is 5.10 Å². The third-order valence-electron chi connectivity index (χ3n) is 3.33. The van der Waals surface area contributed by atoms with Crippen LogP contribution in [0.25, 0.3) is 0 Å². The number of fused-ring (bicyclic) bond motifs is 1. The topological polar surface area (TPSA) is 55.9 Å². The van der Waals surface area contributed by atoms with Crippen LogP contribution in [0.4, 0.5) is 5.82 Å². The monoisotopic (exact) mass is 192 g/mol. The van der Waals surface area contributed by atoms with E-state index >= 15 is 0 Å². The maximum atomic E-state index is 6.11. The van der Waals surface area contributed by atoms with Crippen LogP contribution in [-0.4, -0.2) is 22.9 Å². The third kappa shape index (κ3) is 1.07. The Labute approximate surface area is 83.5 Å². The number of hydrogen-bond acceptors (Lipinski definition) is 3. The summed E-state index contributed by atoms with van der Waals surface area (Å²) in [6.07, 6.45) is 4.78. The molecule has 0 atom stereocenters. The smallest absolute Gasteiger partial charge is 0.125 e. The maximum absolute atomic E-state index is 6.11. The van der Waals surface area contributed by atoms with Crippen LogP contribution >= 0.6 is 0 Å². The summed E-state index contributed by atoms with van der Waals surface area (Å²) in [5, 5.41) is 7.87. The van der Waals surface area contributed by atoms with Gasteiger partial charge in [0, 0.05) is 18.7 Å². The van der Waals surface area contributed by atoms with Crippen molar-refractivity contribution in [1.82, 2.24) is 15.1 Å². The molecule has 0 amide bonds. The molecule has 76 valence electrons. The number of aromatic nitrogens is 2. The zero-order chi connectivity index (χ0) is 9.54. The van der Waals surface area contributed by atoms with E-state index in [4.69, 9.17) is 5.73 Å². The van der Waals surface area contributed by atoms with E-state index in [1.165, 1.54) is 24.1 Å². The Bertz CT molecular complexity index is 351. The molecule has 2 aliphatic rings. The highest BCUT2D eigenvalue weighted by Gasteiger charge is 2.26. The van der Waals surface area contributed by atoms with Crippen molar-refractivity contribution in [2.45, 2.75) is 31.7 Å². The highest BCUT2D eigenvalue weighted by Crippen LogP contribution is 2.28. The van der Waals surface area contributed by atoms with Gasteiger partial charge in [0.15, 0.2) is 0 Å². The van der Waals surface area contributed by atoms with Crippen LogP contribution in [-0.2, 0) is 12.8 Å². The molecule has 0 bridgehead atoms. The van der Waals surface area contributed by atoms with E-state index in [1.807, 2.05) is 4.68 Å². The Morgan fingerprint density at radius 3 is 2.71 bits per heavy atom. The average molecular weight is 192 g/mol. The van der Waals surface area contributed by atoms with Crippen LogP contribution in [0.15, 0.2) is 0 Å². The van der Waals surface area contributed by atoms with Crippen molar-refractivity contribution in [3.05, 3.63) is 11.3 Å². The molecule has 4 heteroatoms. The van der Waals surface area contributed by atoms with Crippen LogP contribution in [0.2, 0.25) is 0 Å². The highest BCUT2D eigenvalue weighted by molar-refractivity contribution is 5.45. The zero-order valence-electron chi connectivity index (χ0n) is 8.29. The first-order chi connectivity index (χ1) is 6.86. The molecular formula is C10H16N4. The molecule has 1 aliphatic heterocycles. The number of nitrogens with one attached hydrogen (secondary N) is 1. The Balaban J connectivity index is 2.00. The van der Waals surface area contributed by atoms with Crippen LogP contribution in [0.3, 0.4) is 0 Å². The van der Waals surface area contributed by atoms with Gasteiger partial charge in [0.2, 0.25) is 0 Å². The maximum Gasteiger partial charge on any atom is 0.125 e. The van der Waals surface area contributed by atoms with Crippen molar-refractivity contribution in [2.24, 2.45) is 0 Å². The summed E-state index contributed by atoms with van der Waals surface area (Å²) in [6.45, 7) is 2.04. The molecule has 0 aromatic carbocycles. The average Bonchev–Trinajstić information content (AvgIpc) is 2.43. The van der Waals surface area contributed by atoms with Crippen LogP contribution in [0.1, 0.15) is 30.1 Å². The molecule has 1 fully saturated rings. The van der Waals surface area contributed by atoms with Gasteiger partial charge in [-0.15, -0.1) is 0 Å². The van der Waals surface area contributed by atoms with Crippen LogP contribution in [0, 0.1) is 0 Å². The fraction of sp³-hybridized carbons (Fsp3) is 0.700. The Hall–Kier alpha value is -1.03. The molecule has 1 saturated heterocycles.